The lowest BCUT2D eigenvalue weighted by molar-refractivity contribution is -0.554. The van der Waals surface area contributed by atoms with Crippen molar-refractivity contribution >= 4 is 5.91 Å². The Balaban J connectivity index is 2.58. The van der Waals surface area contributed by atoms with Crippen LogP contribution < -0.4 is 5.32 Å². The van der Waals surface area contributed by atoms with Crippen LogP contribution in [0.15, 0.2) is 0 Å². The molecule has 1 aliphatic heterocycles. The average Bonchev–Trinajstić information content (AvgIpc) is 2.70. The van der Waals surface area contributed by atoms with Crippen molar-refractivity contribution in [2.24, 2.45) is 0 Å². The molecule has 1 amide bonds. The molecule has 1 saturated heterocycles. The summed E-state index contributed by atoms with van der Waals surface area (Å²) >= 11 is 0. The Morgan fingerprint density at radius 2 is 2.06 bits per heavy atom. The molecule has 1 N–H and O–H groups in total. The van der Waals surface area contributed by atoms with Gasteiger partial charge in [-0.1, -0.05) is 6.92 Å². The second-order valence-corrected chi connectivity index (χ2v) is 4.22. The molecule has 0 bridgehead atoms. The van der Waals surface area contributed by atoms with Crippen molar-refractivity contribution in [1.29, 1.82) is 0 Å². The highest BCUT2D eigenvalue weighted by molar-refractivity contribution is 5.78. The standard InChI is InChI=1S/C9H16N4O5/c1-2-3-10-8(14)6-11-5-7(12(15)16)4-9(11)13(17)18/h7,9H,2-6H2,1H3,(H,10,14). The van der Waals surface area contributed by atoms with Crippen LogP contribution in [0, 0.1) is 20.2 Å². The molecule has 0 spiro atoms. The lowest BCUT2D eigenvalue weighted by atomic mass is 10.2. The van der Waals surface area contributed by atoms with Crippen molar-refractivity contribution in [3.8, 4) is 0 Å². The van der Waals surface area contributed by atoms with E-state index in [0.717, 1.165) is 6.42 Å². The van der Waals surface area contributed by atoms with Crippen LogP contribution in [0.1, 0.15) is 19.8 Å². The molecule has 2 atom stereocenters. The minimum atomic E-state index is -1.15. The van der Waals surface area contributed by atoms with E-state index in [1.165, 1.54) is 4.90 Å². The first-order chi connectivity index (χ1) is 8.45. The highest BCUT2D eigenvalue weighted by Crippen LogP contribution is 2.19. The van der Waals surface area contributed by atoms with E-state index in [2.05, 4.69) is 5.32 Å². The van der Waals surface area contributed by atoms with Gasteiger partial charge in [-0.2, -0.15) is 0 Å². The van der Waals surface area contributed by atoms with Crippen molar-refractivity contribution in [2.45, 2.75) is 32.0 Å². The molecule has 0 radical (unpaired) electrons. The van der Waals surface area contributed by atoms with E-state index in [4.69, 9.17) is 0 Å². The van der Waals surface area contributed by atoms with Crippen LogP contribution in [0.25, 0.3) is 0 Å². The fourth-order valence-corrected chi connectivity index (χ4v) is 1.91. The minimum absolute atomic E-state index is 0.0573. The number of nitro groups is 2. The molecule has 0 aromatic heterocycles. The first-order valence-electron chi connectivity index (χ1n) is 5.73. The van der Waals surface area contributed by atoms with Crippen molar-refractivity contribution in [3.63, 3.8) is 0 Å². The molecule has 9 heteroatoms. The molecular weight excluding hydrogens is 244 g/mol. The van der Waals surface area contributed by atoms with Crippen LogP contribution in [0.2, 0.25) is 0 Å². The topological polar surface area (TPSA) is 119 Å². The monoisotopic (exact) mass is 260 g/mol. The third-order valence-corrected chi connectivity index (χ3v) is 2.81. The van der Waals surface area contributed by atoms with Crippen LogP contribution in [0.4, 0.5) is 0 Å². The predicted octanol–water partition coefficient (Wildman–Crippen LogP) is -0.534. The highest BCUT2D eigenvalue weighted by atomic mass is 16.6. The molecular formula is C9H16N4O5. The number of nitrogens with one attached hydrogen (secondary N) is 1. The quantitative estimate of drug-likeness (QED) is 0.506. The first-order valence-corrected chi connectivity index (χ1v) is 5.73. The Kier molecular flexibility index (Phi) is 4.95. The Hall–Kier alpha value is -1.77. The van der Waals surface area contributed by atoms with Crippen LogP contribution in [0.5, 0.6) is 0 Å². The van der Waals surface area contributed by atoms with Crippen LogP contribution in [-0.4, -0.2) is 52.5 Å². The number of rotatable bonds is 6. The summed E-state index contributed by atoms with van der Waals surface area (Å²) in [7, 11) is 0. The van der Waals surface area contributed by atoms with Crippen LogP contribution >= 0.6 is 0 Å². The maximum absolute atomic E-state index is 11.5. The second-order valence-electron chi connectivity index (χ2n) is 4.22. The summed E-state index contributed by atoms with van der Waals surface area (Å²) in [4.78, 5) is 33.0. The van der Waals surface area contributed by atoms with E-state index in [1.54, 1.807) is 0 Å². The van der Waals surface area contributed by atoms with Gasteiger partial charge in [0.05, 0.1) is 19.5 Å². The number of hydrogen-bond acceptors (Lipinski definition) is 6. The Bertz CT molecular complexity index is 348. The number of amides is 1. The molecule has 0 aliphatic carbocycles. The summed E-state index contributed by atoms with van der Waals surface area (Å²) < 4.78 is 0. The lowest BCUT2D eigenvalue weighted by Gasteiger charge is -2.16. The highest BCUT2D eigenvalue weighted by Gasteiger charge is 2.46. The van der Waals surface area contributed by atoms with Gasteiger partial charge in [0.1, 0.15) is 0 Å². The van der Waals surface area contributed by atoms with E-state index < -0.39 is 22.1 Å². The van der Waals surface area contributed by atoms with Crippen LogP contribution in [-0.2, 0) is 4.79 Å². The summed E-state index contributed by atoms with van der Waals surface area (Å²) in [5.74, 6) is -0.340. The van der Waals surface area contributed by atoms with Crippen molar-refractivity contribution in [2.75, 3.05) is 19.6 Å². The lowest BCUT2D eigenvalue weighted by Crippen LogP contribution is -2.43. The van der Waals surface area contributed by atoms with Crippen molar-refractivity contribution in [1.82, 2.24) is 10.2 Å². The molecule has 9 nitrogen and oxygen atoms in total. The average molecular weight is 260 g/mol. The Labute approximate surface area is 103 Å². The van der Waals surface area contributed by atoms with Gasteiger partial charge in [0, 0.05) is 16.4 Å². The van der Waals surface area contributed by atoms with Crippen LogP contribution in [0.3, 0.4) is 0 Å². The fourth-order valence-electron chi connectivity index (χ4n) is 1.91. The molecule has 18 heavy (non-hydrogen) atoms. The molecule has 1 rings (SSSR count). The maximum atomic E-state index is 11.5. The zero-order valence-electron chi connectivity index (χ0n) is 10.1. The number of hydrogen-bond donors (Lipinski definition) is 1. The van der Waals surface area contributed by atoms with Gasteiger partial charge in [0.25, 0.3) is 6.17 Å². The van der Waals surface area contributed by atoms with E-state index in [-0.39, 0.29) is 25.4 Å². The van der Waals surface area contributed by atoms with Gasteiger partial charge in [0.2, 0.25) is 11.9 Å². The molecule has 2 unspecified atom stereocenters. The summed E-state index contributed by atoms with van der Waals surface area (Å²) in [6, 6.07) is -0.973. The third-order valence-electron chi connectivity index (χ3n) is 2.81. The largest absolute Gasteiger partial charge is 0.355 e. The molecule has 1 aliphatic rings. The van der Waals surface area contributed by atoms with Gasteiger partial charge < -0.3 is 5.32 Å². The maximum Gasteiger partial charge on any atom is 0.275 e. The summed E-state index contributed by atoms with van der Waals surface area (Å²) in [6.45, 7) is 2.15. The predicted molar refractivity (Wildman–Crippen MR) is 61.1 cm³/mol. The van der Waals surface area contributed by atoms with E-state index >= 15 is 0 Å². The third kappa shape index (κ3) is 3.62. The number of carbonyl (C=O) groups excluding carboxylic acids is 1. The minimum Gasteiger partial charge on any atom is -0.355 e. The molecule has 0 aromatic rings. The number of likely N-dealkylation sites (tertiary alicyclic amines) is 1. The van der Waals surface area contributed by atoms with Gasteiger partial charge in [-0.05, 0) is 6.42 Å². The van der Waals surface area contributed by atoms with E-state index in [9.17, 15) is 25.0 Å². The molecule has 1 heterocycles. The van der Waals surface area contributed by atoms with Gasteiger partial charge in [-0.3, -0.25) is 25.0 Å². The zero-order chi connectivity index (χ0) is 13.7. The van der Waals surface area contributed by atoms with Crippen molar-refractivity contribution in [3.05, 3.63) is 20.2 Å². The second kappa shape index (κ2) is 6.24. The Morgan fingerprint density at radius 3 is 2.56 bits per heavy atom. The SMILES string of the molecule is CCCNC(=O)CN1CC([N+](=O)[O-])CC1[N+](=O)[O-]. The molecule has 102 valence electrons. The van der Waals surface area contributed by atoms with E-state index in [0.29, 0.717) is 6.54 Å². The zero-order valence-corrected chi connectivity index (χ0v) is 10.1. The number of nitrogens with zero attached hydrogens (tertiary/aromatic N) is 3. The molecule has 1 fully saturated rings. The summed E-state index contributed by atoms with van der Waals surface area (Å²) in [6.07, 6.45) is -0.532. The fraction of sp³-hybridized carbons (Fsp3) is 0.889. The normalized spacial score (nSPS) is 23.8. The smallest absolute Gasteiger partial charge is 0.275 e. The Morgan fingerprint density at radius 1 is 1.39 bits per heavy atom. The van der Waals surface area contributed by atoms with E-state index in [1.807, 2.05) is 6.92 Å². The van der Waals surface area contributed by atoms with Gasteiger partial charge in [0.15, 0.2) is 0 Å². The first kappa shape index (κ1) is 14.3. The summed E-state index contributed by atoms with van der Waals surface area (Å²) in [5.41, 5.74) is 0. The molecule has 0 saturated carbocycles. The number of carbonyl (C=O) groups is 1. The summed E-state index contributed by atoms with van der Waals surface area (Å²) in [5, 5.41) is 24.0. The van der Waals surface area contributed by atoms with Gasteiger partial charge in [-0.25, -0.2) is 4.90 Å². The molecule has 0 aromatic carbocycles. The van der Waals surface area contributed by atoms with Gasteiger partial charge in [-0.15, -0.1) is 0 Å². The van der Waals surface area contributed by atoms with Crippen molar-refractivity contribution < 1.29 is 14.6 Å². The van der Waals surface area contributed by atoms with Gasteiger partial charge >= 0.3 is 0 Å².